The molecule has 1 N–H and O–H groups in total. The van der Waals surface area contributed by atoms with Crippen LogP contribution in [-0.4, -0.2) is 29.9 Å². The number of nitrogens with one attached hydrogen (secondary N) is 1. The molecule has 2 aromatic rings. The molecule has 0 radical (unpaired) electrons. The number of hydrogen-bond donors (Lipinski definition) is 1. The van der Waals surface area contributed by atoms with Crippen LogP contribution in [0.5, 0.6) is 11.5 Å². The Morgan fingerprint density at radius 2 is 1.96 bits per heavy atom. The van der Waals surface area contributed by atoms with Gasteiger partial charge < -0.3 is 14.8 Å². The van der Waals surface area contributed by atoms with Gasteiger partial charge in [0.1, 0.15) is 11.5 Å². The van der Waals surface area contributed by atoms with Crippen molar-refractivity contribution < 1.29 is 14.3 Å². The average molecular weight is 329 g/mol. The molecular formula is C18H23N3O3. The first-order valence-electron chi connectivity index (χ1n) is 8.09. The molecule has 0 saturated carbocycles. The van der Waals surface area contributed by atoms with E-state index in [-0.39, 0.29) is 11.9 Å². The fourth-order valence-electron chi connectivity index (χ4n) is 3.31. The Kier molecular flexibility index (Phi) is 4.46. The standard InChI is InChI=1S/C18H23N3O3/c1-11-16(23-3)8-12(9-17(11)24-4)18(22)20-14-6-5-7-15-13(14)10-19-21(15)2/h8-10,14H,5-7H2,1-4H3,(H,20,22)/t14-/m0/s1. The molecule has 128 valence electrons. The molecule has 0 spiro atoms. The molecule has 6 nitrogen and oxygen atoms in total. The van der Waals surface area contributed by atoms with Gasteiger partial charge in [0.05, 0.1) is 26.5 Å². The molecule has 1 aliphatic rings. The molecule has 3 rings (SSSR count). The molecule has 6 heteroatoms. The predicted molar refractivity (Wildman–Crippen MR) is 90.6 cm³/mol. The van der Waals surface area contributed by atoms with Crippen LogP contribution in [0, 0.1) is 6.92 Å². The van der Waals surface area contributed by atoms with Gasteiger partial charge >= 0.3 is 0 Å². The third-order valence-electron chi connectivity index (χ3n) is 4.70. The highest BCUT2D eigenvalue weighted by atomic mass is 16.5. The lowest BCUT2D eigenvalue weighted by molar-refractivity contribution is 0.0932. The summed E-state index contributed by atoms with van der Waals surface area (Å²) in [6.45, 7) is 1.91. The minimum absolute atomic E-state index is 0.00626. The maximum Gasteiger partial charge on any atom is 0.252 e. The first kappa shape index (κ1) is 16.4. The Bertz CT molecular complexity index is 742. The third kappa shape index (κ3) is 2.84. The van der Waals surface area contributed by atoms with Gasteiger partial charge in [-0.05, 0) is 38.3 Å². The minimum atomic E-state index is -0.131. The van der Waals surface area contributed by atoms with Crippen LogP contribution in [0.3, 0.4) is 0 Å². The number of carbonyl (C=O) groups excluding carboxylic acids is 1. The van der Waals surface area contributed by atoms with Crippen molar-refractivity contribution in [1.29, 1.82) is 0 Å². The van der Waals surface area contributed by atoms with E-state index >= 15 is 0 Å². The zero-order valence-corrected chi connectivity index (χ0v) is 14.5. The molecule has 24 heavy (non-hydrogen) atoms. The number of methoxy groups -OCH3 is 2. The minimum Gasteiger partial charge on any atom is -0.496 e. The van der Waals surface area contributed by atoms with Gasteiger partial charge in [-0.1, -0.05) is 0 Å². The zero-order valence-electron chi connectivity index (χ0n) is 14.5. The molecule has 0 aliphatic heterocycles. The van der Waals surface area contributed by atoms with Crippen LogP contribution in [-0.2, 0) is 13.5 Å². The molecule has 1 aliphatic carbocycles. The van der Waals surface area contributed by atoms with Crippen LogP contribution in [0.2, 0.25) is 0 Å². The third-order valence-corrected chi connectivity index (χ3v) is 4.70. The molecule has 0 fully saturated rings. The van der Waals surface area contributed by atoms with Crippen LogP contribution >= 0.6 is 0 Å². The first-order chi connectivity index (χ1) is 11.5. The summed E-state index contributed by atoms with van der Waals surface area (Å²) in [5.41, 5.74) is 3.72. The Morgan fingerprint density at radius 3 is 2.58 bits per heavy atom. The van der Waals surface area contributed by atoms with E-state index in [4.69, 9.17) is 9.47 Å². The summed E-state index contributed by atoms with van der Waals surface area (Å²) in [5.74, 6) is 1.16. The highest BCUT2D eigenvalue weighted by Crippen LogP contribution is 2.32. The van der Waals surface area contributed by atoms with Crippen molar-refractivity contribution in [2.24, 2.45) is 7.05 Å². The number of amides is 1. The fourth-order valence-corrected chi connectivity index (χ4v) is 3.31. The fraction of sp³-hybridized carbons (Fsp3) is 0.444. The van der Waals surface area contributed by atoms with Crippen LogP contribution < -0.4 is 14.8 Å². The van der Waals surface area contributed by atoms with Crippen molar-refractivity contribution in [2.75, 3.05) is 14.2 Å². The van der Waals surface area contributed by atoms with Crippen LogP contribution in [0.15, 0.2) is 18.3 Å². The van der Waals surface area contributed by atoms with E-state index in [1.54, 1.807) is 26.4 Å². The Hall–Kier alpha value is -2.50. The highest BCUT2D eigenvalue weighted by molar-refractivity contribution is 5.95. The largest absolute Gasteiger partial charge is 0.496 e. The maximum atomic E-state index is 12.7. The van der Waals surface area contributed by atoms with Gasteiger partial charge in [-0.3, -0.25) is 9.48 Å². The summed E-state index contributed by atoms with van der Waals surface area (Å²) in [7, 11) is 5.12. The Balaban J connectivity index is 1.86. The van der Waals surface area contributed by atoms with Gasteiger partial charge in [0.15, 0.2) is 0 Å². The number of aryl methyl sites for hydroxylation is 1. The predicted octanol–water partition coefficient (Wildman–Crippen LogP) is 2.55. The Labute approximate surface area is 141 Å². The van der Waals surface area contributed by atoms with Crippen molar-refractivity contribution in [3.8, 4) is 11.5 Å². The lowest BCUT2D eigenvalue weighted by Crippen LogP contribution is -2.31. The molecular weight excluding hydrogens is 306 g/mol. The van der Waals surface area contributed by atoms with Crippen molar-refractivity contribution in [2.45, 2.75) is 32.2 Å². The van der Waals surface area contributed by atoms with Gasteiger partial charge in [0.2, 0.25) is 0 Å². The zero-order chi connectivity index (χ0) is 17.3. The second-order valence-corrected chi connectivity index (χ2v) is 6.09. The van der Waals surface area contributed by atoms with Gasteiger partial charge in [0, 0.05) is 29.4 Å². The van der Waals surface area contributed by atoms with E-state index < -0.39 is 0 Å². The van der Waals surface area contributed by atoms with Crippen molar-refractivity contribution in [3.63, 3.8) is 0 Å². The van der Waals surface area contributed by atoms with Crippen molar-refractivity contribution >= 4 is 5.91 Å². The smallest absolute Gasteiger partial charge is 0.252 e. The SMILES string of the molecule is COc1cc(C(=O)N[C@H]2CCCc3c2cnn3C)cc(OC)c1C. The Morgan fingerprint density at radius 1 is 1.29 bits per heavy atom. The summed E-state index contributed by atoms with van der Waals surface area (Å²) in [6, 6.07) is 3.49. The molecule has 1 amide bonds. The number of benzene rings is 1. The van der Waals surface area contributed by atoms with E-state index in [1.807, 2.05) is 24.9 Å². The summed E-state index contributed by atoms with van der Waals surface area (Å²) < 4.78 is 12.6. The maximum absolute atomic E-state index is 12.7. The van der Waals surface area contributed by atoms with Crippen molar-refractivity contribution in [1.82, 2.24) is 15.1 Å². The molecule has 1 atom stereocenters. The number of nitrogens with zero attached hydrogens (tertiary/aromatic N) is 2. The summed E-state index contributed by atoms with van der Waals surface area (Å²) in [4.78, 5) is 12.7. The number of aromatic nitrogens is 2. The normalized spacial score (nSPS) is 16.4. The first-order valence-corrected chi connectivity index (χ1v) is 8.09. The molecule has 1 aromatic heterocycles. The lowest BCUT2D eigenvalue weighted by Gasteiger charge is -2.24. The van der Waals surface area contributed by atoms with E-state index in [2.05, 4.69) is 10.4 Å². The van der Waals surface area contributed by atoms with Gasteiger partial charge in [-0.2, -0.15) is 5.10 Å². The number of ether oxygens (including phenoxy) is 2. The van der Waals surface area contributed by atoms with Crippen molar-refractivity contribution in [3.05, 3.63) is 40.7 Å². The van der Waals surface area contributed by atoms with Crippen LogP contribution in [0.1, 0.15) is 46.1 Å². The number of rotatable bonds is 4. The van der Waals surface area contributed by atoms with Gasteiger partial charge in [-0.25, -0.2) is 0 Å². The monoisotopic (exact) mass is 329 g/mol. The quantitative estimate of drug-likeness (QED) is 0.936. The number of hydrogen-bond acceptors (Lipinski definition) is 4. The summed E-state index contributed by atoms with van der Waals surface area (Å²) in [5, 5.41) is 7.44. The topological polar surface area (TPSA) is 65.4 Å². The summed E-state index contributed by atoms with van der Waals surface area (Å²) in [6.07, 6.45) is 4.82. The van der Waals surface area contributed by atoms with E-state index in [9.17, 15) is 4.79 Å². The molecule has 0 bridgehead atoms. The van der Waals surface area contributed by atoms with E-state index in [1.165, 1.54) is 5.69 Å². The second kappa shape index (κ2) is 6.55. The number of carbonyl (C=O) groups is 1. The average Bonchev–Trinajstić information content (AvgIpc) is 2.97. The summed E-state index contributed by atoms with van der Waals surface area (Å²) >= 11 is 0. The van der Waals surface area contributed by atoms with E-state index in [0.717, 1.165) is 30.4 Å². The lowest BCUT2D eigenvalue weighted by atomic mass is 9.92. The molecule has 0 unspecified atom stereocenters. The highest BCUT2D eigenvalue weighted by Gasteiger charge is 2.25. The molecule has 1 heterocycles. The van der Waals surface area contributed by atoms with Crippen LogP contribution in [0.4, 0.5) is 0 Å². The molecule has 1 aromatic carbocycles. The second-order valence-electron chi connectivity index (χ2n) is 6.09. The van der Waals surface area contributed by atoms with Gasteiger partial charge in [-0.15, -0.1) is 0 Å². The number of fused-ring (bicyclic) bond motifs is 1. The molecule has 0 saturated heterocycles. The van der Waals surface area contributed by atoms with Gasteiger partial charge in [0.25, 0.3) is 5.91 Å². The van der Waals surface area contributed by atoms with E-state index in [0.29, 0.717) is 17.1 Å². The van der Waals surface area contributed by atoms with Crippen LogP contribution in [0.25, 0.3) is 0 Å².